The number of para-hydroxylation sites is 1. The Morgan fingerprint density at radius 3 is 2.66 bits per heavy atom. The molecule has 0 fully saturated rings. The molecule has 0 saturated carbocycles. The number of rotatable bonds is 8. The summed E-state index contributed by atoms with van der Waals surface area (Å²) in [6.07, 6.45) is 3.40. The molecule has 0 radical (unpaired) electrons. The van der Waals surface area contributed by atoms with Crippen LogP contribution >= 0.6 is 11.6 Å². The van der Waals surface area contributed by atoms with Gasteiger partial charge in [-0.1, -0.05) is 29.8 Å². The number of ether oxygens (including phenoxy) is 1. The van der Waals surface area contributed by atoms with Gasteiger partial charge in [0.25, 0.3) is 5.91 Å². The molecule has 1 amide bonds. The zero-order valence-corrected chi connectivity index (χ0v) is 17.5. The Hall–Kier alpha value is -4.04. The van der Waals surface area contributed by atoms with E-state index in [2.05, 4.69) is 10.5 Å². The maximum atomic E-state index is 12.0. The van der Waals surface area contributed by atoms with Crippen molar-refractivity contribution in [1.29, 1.82) is 0 Å². The first-order valence-electron chi connectivity index (χ1n) is 9.60. The number of aromatic carboxylic acids is 1. The summed E-state index contributed by atoms with van der Waals surface area (Å²) in [5.74, 6) is -0.587. The number of halogens is 1. The summed E-state index contributed by atoms with van der Waals surface area (Å²) in [6.45, 7) is 0.161. The number of furan rings is 1. The molecule has 0 spiro atoms. The minimum Gasteiger partial charge on any atom is -0.484 e. The van der Waals surface area contributed by atoms with E-state index in [4.69, 9.17) is 25.9 Å². The zero-order valence-electron chi connectivity index (χ0n) is 16.7. The van der Waals surface area contributed by atoms with Gasteiger partial charge in [0.1, 0.15) is 11.5 Å². The summed E-state index contributed by atoms with van der Waals surface area (Å²) >= 11 is 5.82. The van der Waals surface area contributed by atoms with Gasteiger partial charge in [-0.15, -0.1) is 0 Å². The van der Waals surface area contributed by atoms with Crippen LogP contribution in [0.4, 0.5) is 0 Å². The fourth-order valence-electron chi connectivity index (χ4n) is 3.14. The Morgan fingerprint density at radius 1 is 1.12 bits per heavy atom. The Kier molecular flexibility index (Phi) is 6.23. The number of nitrogens with one attached hydrogen (secondary N) is 1. The van der Waals surface area contributed by atoms with Crippen molar-refractivity contribution in [2.45, 2.75) is 6.54 Å². The van der Waals surface area contributed by atoms with Crippen LogP contribution < -0.4 is 10.2 Å². The second-order valence-corrected chi connectivity index (χ2v) is 7.27. The van der Waals surface area contributed by atoms with Crippen molar-refractivity contribution in [3.63, 3.8) is 0 Å². The molecule has 0 aliphatic rings. The lowest BCUT2D eigenvalue weighted by atomic mass is 10.2. The molecule has 9 heteroatoms. The van der Waals surface area contributed by atoms with Crippen LogP contribution in [-0.4, -0.2) is 34.4 Å². The molecule has 2 aromatic carbocycles. The smallest absolute Gasteiger partial charge is 0.371 e. The van der Waals surface area contributed by atoms with Crippen LogP contribution in [0, 0.1) is 0 Å². The number of aromatic nitrogens is 1. The predicted octanol–water partition coefficient (Wildman–Crippen LogP) is 4.16. The van der Waals surface area contributed by atoms with E-state index in [0.717, 1.165) is 16.5 Å². The van der Waals surface area contributed by atoms with Crippen LogP contribution in [0.2, 0.25) is 5.02 Å². The van der Waals surface area contributed by atoms with Crippen molar-refractivity contribution >= 4 is 40.6 Å². The van der Waals surface area contributed by atoms with Crippen molar-refractivity contribution in [1.82, 2.24) is 9.99 Å². The van der Waals surface area contributed by atoms with Crippen molar-refractivity contribution in [3.05, 3.63) is 89.0 Å². The Balaban J connectivity index is 1.43. The van der Waals surface area contributed by atoms with E-state index in [9.17, 15) is 9.59 Å². The van der Waals surface area contributed by atoms with Crippen molar-refractivity contribution < 1.29 is 23.8 Å². The number of hydrogen-bond donors (Lipinski definition) is 2. The predicted molar refractivity (Wildman–Crippen MR) is 119 cm³/mol. The van der Waals surface area contributed by atoms with E-state index >= 15 is 0 Å². The number of amides is 1. The van der Waals surface area contributed by atoms with Crippen molar-refractivity contribution in [3.8, 4) is 5.75 Å². The first-order chi connectivity index (χ1) is 15.5. The van der Waals surface area contributed by atoms with Crippen molar-refractivity contribution in [2.24, 2.45) is 5.10 Å². The molecule has 2 aromatic heterocycles. The number of fused-ring (bicyclic) bond motifs is 1. The molecule has 4 rings (SSSR count). The Labute approximate surface area is 187 Å². The van der Waals surface area contributed by atoms with Crippen LogP contribution in [0.5, 0.6) is 5.75 Å². The van der Waals surface area contributed by atoms with Gasteiger partial charge in [0.05, 0.1) is 12.8 Å². The van der Waals surface area contributed by atoms with Crippen LogP contribution in [0.3, 0.4) is 0 Å². The van der Waals surface area contributed by atoms with Gasteiger partial charge in [0, 0.05) is 27.7 Å². The number of carbonyl (C=O) groups is 2. The lowest BCUT2D eigenvalue weighted by Gasteiger charge is -2.04. The van der Waals surface area contributed by atoms with E-state index in [1.165, 1.54) is 6.07 Å². The topological polar surface area (TPSA) is 106 Å². The molecular formula is C23H18ClN3O5. The highest BCUT2D eigenvalue weighted by Crippen LogP contribution is 2.22. The molecule has 162 valence electrons. The molecular weight excluding hydrogens is 434 g/mol. The Morgan fingerprint density at radius 2 is 1.91 bits per heavy atom. The van der Waals surface area contributed by atoms with Crippen LogP contribution in [-0.2, 0) is 11.3 Å². The normalized spacial score (nSPS) is 11.2. The summed E-state index contributed by atoms with van der Waals surface area (Å²) in [6, 6.07) is 17.4. The highest BCUT2D eigenvalue weighted by molar-refractivity contribution is 6.30. The van der Waals surface area contributed by atoms with E-state index in [-0.39, 0.29) is 12.4 Å². The molecule has 0 atom stereocenters. The molecule has 2 heterocycles. The van der Waals surface area contributed by atoms with E-state index in [1.807, 2.05) is 35.0 Å². The van der Waals surface area contributed by atoms with Gasteiger partial charge in [0.2, 0.25) is 5.76 Å². The minimum absolute atomic E-state index is 0.109. The molecule has 4 aromatic rings. The Bertz CT molecular complexity index is 1290. The number of carboxylic acid groups (broad SMARTS) is 1. The fourth-order valence-corrected chi connectivity index (χ4v) is 3.27. The standard InChI is InChI=1S/C23H18ClN3O5/c24-16-5-7-17(8-6-16)31-14-22(28)26-25-11-15-12-27(20-4-2-1-3-19(15)20)13-18-9-10-21(32-18)23(29)30/h1-12H,13-14H2,(H,26,28)(H,29,30)/b25-11-. The third-order valence-electron chi connectivity index (χ3n) is 4.59. The summed E-state index contributed by atoms with van der Waals surface area (Å²) in [5, 5.41) is 14.6. The van der Waals surface area contributed by atoms with Gasteiger partial charge >= 0.3 is 5.97 Å². The van der Waals surface area contributed by atoms with Crippen LogP contribution in [0.1, 0.15) is 21.9 Å². The number of hydrogen-bond acceptors (Lipinski definition) is 5. The second-order valence-electron chi connectivity index (χ2n) is 6.84. The maximum absolute atomic E-state index is 12.0. The largest absolute Gasteiger partial charge is 0.484 e. The quantitative estimate of drug-likeness (QED) is 0.309. The van der Waals surface area contributed by atoms with Crippen LogP contribution in [0.25, 0.3) is 10.9 Å². The SMILES string of the molecule is O=C(COc1ccc(Cl)cc1)N/N=C\c1cn(Cc2ccc(C(=O)O)o2)c2ccccc12. The highest BCUT2D eigenvalue weighted by Gasteiger charge is 2.12. The number of nitrogens with zero attached hydrogens (tertiary/aromatic N) is 2. The third kappa shape index (κ3) is 4.98. The lowest BCUT2D eigenvalue weighted by molar-refractivity contribution is -0.123. The third-order valence-corrected chi connectivity index (χ3v) is 4.85. The van der Waals surface area contributed by atoms with Gasteiger partial charge in [0.15, 0.2) is 6.61 Å². The highest BCUT2D eigenvalue weighted by atomic mass is 35.5. The van der Waals surface area contributed by atoms with Crippen molar-refractivity contribution in [2.75, 3.05) is 6.61 Å². The lowest BCUT2D eigenvalue weighted by Crippen LogP contribution is -2.24. The maximum Gasteiger partial charge on any atom is 0.371 e. The molecule has 8 nitrogen and oxygen atoms in total. The number of carboxylic acids is 1. The van der Waals surface area contributed by atoms with Gasteiger partial charge in [-0.25, -0.2) is 10.2 Å². The summed E-state index contributed by atoms with van der Waals surface area (Å²) in [7, 11) is 0. The first kappa shape index (κ1) is 21.2. The number of carbonyl (C=O) groups excluding carboxylic acids is 1. The second kappa shape index (κ2) is 9.40. The first-order valence-corrected chi connectivity index (χ1v) is 9.97. The molecule has 2 N–H and O–H groups in total. The number of benzene rings is 2. The molecule has 32 heavy (non-hydrogen) atoms. The number of hydrazone groups is 1. The summed E-state index contributed by atoms with van der Waals surface area (Å²) < 4.78 is 12.7. The van der Waals surface area contributed by atoms with Gasteiger partial charge in [-0.05, 0) is 42.5 Å². The summed E-state index contributed by atoms with van der Waals surface area (Å²) in [5.41, 5.74) is 4.14. The molecule has 0 bridgehead atoms. The van der Waals surface area contributed by atoms with Gasteiger partial charge in [-0.3, -0.25) is 4.79 Å². The fraction of sp³-hybridized carbons (Fsp3) is 0.0870. The average molecular weight is 452 g/mol. The zero-order chi connectivity index (χ0) is 22.5. The summed E-state index contributed by atoms with van der Waals surface area (Å²) in [4.78, 5) is 23.0. The molecule has 0 saturated heterocycles. The van der Waals surface area contributed by atoms with Gasteiger partial charge < -0.3 is 18.8 Å². The molecule has 0 aliphatic heterocycles. The van der Waals surface area contributed by atoms with E-state index < -0.39 is 11.9 Å². The van der Waals surface area contributed by atoms with E-state index in [1.54, 1.807) is 36.5 Å². The monoisotopic (exact) mass is 451 g/mol. The average Bonchev–Trinajstić information content (AvgIpc) is 3.39. The van der Waals surface area contributed by atoms with E-state index in [0.29, 0.717) is 23.1 Å². The van der Waals surface area contributed by atoms with Crippen LogP contribution in [0.15, 0.2) is 76.4 Å². The minimum atomic E-state index is -1.11. The van der Waals surface area contributed by atoms with Gasteiger partial charge in [-0.2, -0.15) is 5.10 Å². The molecule has 0 unspecified atom stereocenters. The molecule has 0 aliphatic carbocycles.